The Labute approximate surface area is 634 Å². The van der Waals surface area contributed by atoms with Gasteiger partial charge in [-0.25, -0.2) is 30.0 Å². The number of benzene rings is 2. The molecule has 14 atom stereocenters. The van der Waals surface area contributed by atoms with Crippen molar-refractivity contribution in [3.8, 4) is 23.0 Å². The van der Waals surface area contributed by atoms with Crippen molar-refractivity contribution in [3.63, 3.8) is 0 Å². The van der Waals surface area contributed by atoms with Gasteiger partial charge in [-0.15, -0.1) is 101 Å². The van der Waals surface area contributed by atoms with Crippen molar-refractivity contribution >= 4 is 197 Å². The summed E-state index contributed by atoms with van der Waals surface area (Å²) in [6, 6.07) is 12.3. The lowest BCUT2D eigenvalue weighted by Crippen LogP contribution is -2.46. The Hall–Kier alpha value is 0.620. The summed E-state index contributed by atoms with van der Waals surface area (Å²) >= 11 is 0. The first-order valence-electron chi connectivity index (χ1n) is 31.4. The van der Waals surface area contributed by atoms with Crippen LogP contribution in [0.25, 0.3) is 0 Å². The summed E-state index contributed by atoms with van der Waals surface area (Å²) in [7, 11) is 16.0. The molecule has 44 heteroatoms. The Morgan fingerprint density at radius 3 is 1.49 bits per heavy atom. The van der Waals surface area contributed by atoms with Crippen LogP contribution in [0.15, 0.2) is 72.4 Å². The SMILES string of the molecule is C=CS(=O)(=O)C(=O)ON1C(=O)CCC1=O.C=CS(=O)(=O)CC(=O)NCCOc1ccc(CCOC2CCCCC2N2CC[C@@H](OC(=O)CS(=O)(=O)C=C)C2)cc1OC.COc1cc(CCOC2CCCCC2N2CC[C@@H](O)C2)ccc1OCCN.Cl.Cl.PP(P)P(P(P)P)P(P(P)P)P(P)P. The number of hydrogen-bond donors (Lipinski definition) is 3. The number of nitrogens with one attached hydrogen (secondary N) is 1. The molecule has 3 heterocycles. The van der Waals surface area contributed by atoms with E-state index in [0.717, 1.165) is 92.5 Å². The number of aliphatic hydroxyl groups is 1. The number of halogens is 2. The summed E-state index contributed by atoms with van der Waals surface area (Å²) in [5, 5.41) is 12.7. The van der Waals surface area contributed by atoms with Gasteiger partial charge in [-0.2, -0.15) is 0 Å². The predicted octanol–water partition coefficient (Wildman–Crippen LogP) is 12.1. The van der Waals surface area contributed by atoms with E-state index in [4.69, 9.17) is 38.9 Å². The largest absolute Gasteiger partial charge is 0.493 e. The molecule has 0 bridgehead atoms. The van der Waals surface area contributed by atoms with Crippen molar-refractivity contribution < 1.29 is 92.3 Å². The van der Waals surface area contributed by atoms with E-state index in [1.165, 1.54) is 31.9 Å². The molecule has 3 saturated heterocycles. The number of carbonyl (C=O) groups is 5. The molecule has 101 heavy (non-hydrogen) atoms. The minimum Gasteiger partial charge on any atom is -0.493 e. The lowest BCUT2D eigenvalue weighted by molar-refractivity contribution is -0.169. The van der Waals surface area contributed by atoms with E-state index in [1.807, 2.05) is 24.3 Å². The maximum Gasteiger partial charge on any atom is 0.453 e. The first-order valence-corrected chi connectivity index (χ1v) is 60.9. The van der Waals surface area contributed by atoms with E-state index >= 15 is 0 Å². The molecule has 2 aromatic carbocycles. The highest BCUT2D eigenvalue weighted by Gasteiger charge is 2.39. The van der Waals surface area contributed by atoms with Crippen molar-refractivity contribution in [1.82, 2.24) is 20.2 Å². The third-order valence-electron chi connectivity index (χ3n) is 15.7. The van der Waals surface area contributed by atoms with E-state index in [0.29, 0.717) is 68.7 Å². The summed E-state index contributed by atoms with van der Waals surface area (Å²) in [4.78, 5) is 65.4. The first-order chi connectivity index (χ1) is 46.8. The van der Waals surface area contributed by atoms with Gasteiger partial charge < -0.3 is 54.2 Å². The number of carbonyl (C=O) groups excluding carboxylic acids is 5. The van der Waals surface area contributed by atoms with Gasteiger partial charge in [-0.1, -0.05) is 57.6 Å². The van der Waals surface area contributed by atoms with Gasteiger partial charge in [0.15, 0.2) is 48.4 Å². The summed E-state index contributed by atoms with van der Waals surface area (Å²) in [5.41, 5.74) is 7.68. The number of β-amino-alcohol motifs (C(OH)–C–C–N with tert-alkyl or cyclic N) is 1. The third kappa shape index (κ3) is 34.8. The van der Waals surface area contributed by atoms with E-state index in [-0.39, 0.29) is 128 Å². The molecule has 25 nitrogen and oxygen atoms in total. The second-order valence-corrected chi connectivity index (χ2v) is 81.9. The molecule has 7 rings (SSSR count). The molecule has 3 amide bonds. The molecule has 2 aliphatic carbocycles. The maximum absolute atomic E-state index is 12.1. The van der Waals surface area contributed by atoms with Gasteiger partial charge in [0.05, 0.1) is 52.3 Å². The lowest BCUT2D eigenvalue weighted by atomic mass is 9.91. The van der Waals surface area contributed by atoms with Gasteiger partial charge in [-0.3, -0.25) is 29.0 Å². The zero-order valence-corrected chi connectivity index (χ0v) is 75.3. The number of esters is 1. The number of ether oxygens (including phenoxy) is 7. The third-order valence-corrected chi connectivity index (χ3v) is 97.9. The number of rotatable bonds is 33. The number of nitrogens with zero attached hydrogens (tertiary/aromatic N) is 3. The molecular formula is C57H101Cl2N5O20P14S3. The molecule has 576 valence electrons. The second kappa shape index (κ2) is 50.5. The van der Waals surface area contributed by atoms with Gasteiger partial charge in [-0.05, 0) is 129 Å². The number of hydroxylamine groups is 2. The van der Waals surface area contributed by atoms with Crippen molar-refractivity contribution in [1.29, 1.82) is 0 Å². The van der Waals surface area contributed by atoms with Crippen LogP contribution in [0.2, 0.25) is 0 Å². The van der Waals surface area contributed by atoms with E-state index in [1.54, 1.807) is 13.2 Å². The Bertz CT molecular complexity index is 3290. The highest BCUT2D eigenvalue weighted by Crippen LogP contribution is 3.21. The van der Waals surface area contributed by atoms with Crippen molar-refractivity contribution in [2.24, 2.45) is 5.73 Å². The van der Waals surface area contributed by atoms with Crippen LogP contribution >= 0.6 is 138 Å². The van der Waals surface area contributed by atoms with Crippen LogP contribution in [0.3, 0.4) is 0 Å². The van der Waals surface area contributed by atoms with Crippen LogP contribution in [0, 0.1) is 0 Å². The molecule has 2 saturated carbocycles. The number of amides is 3. The minimum absolute atomic E-state index is 0. The quantitative estimate of drug-likeness (QED) is 0.0259. The van der Waals surface area contributed by atoms with Crippen LogP contribution in [-0.2, 0) is 80.6 Å². The molecule has 0 aromatic heterocycles. The van der Waals surface area contributed by atoms with Gasteiger partial charge in [0.2, 0.25) is 5.91 Å². The second-order valence-electron chi connectivity index (χ2n) is 22.8. The predicted molar refractivity (Wildman–Crippen MR) is 447 cm³/mol. The van der Waals surface area contributed by atoms with Crippen molar-refractivity contribution in [2.45, 2.75) is 126 Å². The zero-order valence-electron chi connectivity index (χ0n) is 56.6. The topological polar surface area (TPSA) is 330 Å². The van der Waals surface area contributed by atoms with Crippen molar-refractivity contribution in [3.05, 3.63) is 83.5 Å². The van der Waals surface area contributed by atoms with Gasteiger partial charge in [0.25, 0.3) is 21.7 Å². The van der Waals surface area contributed by atoms with E-state index < -0.39 is 70.0 Å². The van der Waals surface area contributed by atoms with Crippen LogP contribution in [0.5, 0.6) is 23.0 Å². The van der Waals surface area contributed by atoms with Gasteiger partial charge in [0.1, 0.15) is 25.1 Å². The molecule has 5 fully saturated rings. The zero-order chi connectivity index (χ0) is 73.6. The lowest BCUT2D eigenvalue weighted by Gasteiger charge is -2.37. The average molecular weight is 1780 g/mol. The van der Waals surface area contributed by atoms with Crippen LogP contribution in [0.4, 0.5) is 4.79 Å². The standard InChI is InChI=1S/C29H42N2O10S2.C21H34N2O4.C7H7NO6S.2ClH.H16P14/c1-4-42(34,35)20-28(32)30-14-17-40-26-11-10-22(18-27(26)38-3)13-16-39-25-9-7-6-8-24(25)31-15-12-23(19-31)41-29(33)21-43(36,37)5-2;1-25-21-14-16(6-7-20(21)27-13-10-22)9-12-26-19-5-3-2-4-18(19)23-11-8-17(24)15-23;1-2-15(12,13)7(11)14-8-5(9)3-4-6(8)10;;;1-9(2)13(10(3)4)14(11(5)6)12(7)8/h4-5,10-11,18,23-25H,1-2,6-9,12-17,19-21H2,3H3,(H,30,32);6-7,14,17-19,24H,2-5,8-13,15,22H2,1H3;2H,1,3-4H2;2*1H;1-8H2/t23-,24?,25?;17-,18?,19?;;;;/m11..../s1. The highest BCUT2D eigenvalue weighted by molar-refractivity contribution is 9.27. The number of nitrogens with two attached hydrogens (primary N) is 1. The fourth-order valence-corrected chi connectivity index (χ4v) is 160. The van der Waals surface area contributed by atoms with E-state index in [9.17, 15) is 54.3 Å². The van der Waals surface area contributed by atoms with Crippen LogP contribution < -0.4 is 30.0 Å². The Kier molecular flexibility index (Phi) is 48.8. The molecule has 5 aliphatic rings. The molecule has 0 spiro atoms. The minimum atomic E-state index is -4.28. The smallest absolute Gasteiger partial charge is 0.453 e. The highest BCUT2D eigenvalue weighted by atomic mass is 35.5. The number of methoxy groups -OCH3 is 2. The number of aliphatic hydroxyl groups excluding tert-OH is 1. The number of sulfone groups is 3. The van der Waals surface area contributed by atoms with Crippen LogP contribution in [-0.4, -0.2) is 202 Å². The number of hydrogen-bond acceptors (Lipinski definition) is 23. The first kappa shape index (κ1) is 97.7. The maximum atomic E-state index is 12.1. The summed E-state index contributed by atoms with van der Waals surface area (Å²) < 4.78 is 108. The molecule has 2 aromatic rings. The Morgan fingerprint density at radius 2 is 1.06 bits per heavy atom. The Balaban J connectivity index is 0.000000507. The molecule has 3 aliphatic heterocycles. The summed E-state index contributed by atoms with van der Waals surface area (Å²) in [6.07, 6.45) is 11.6. The van der Waals surface area contributed by atoms with Gasteiger partial charge >= 0.3 is 11.3 Å². The summed E-state index contributed by atoms with van der Waals surface area (Å²) in [6.45, 7) is 15.6. The number of imide groups is 1. The molecule has 0 radical (unpaired) electrons. The van der Waals surface area contributed by atoms with Gasteiger partial charge in [0, 0.05) is 73.9 Å². The monoisotopic (exact) mass is 1780 g/mol. The van der Waals surface area contributed by atoms with Crippen molar-refractivity contribution in [2.75, 3.05) is 91.4 Å². The fourth-order valence-electron chi connectivity index (χ4n) is 10.9. The fraction of sp³-hybridized carbons (Fsp3) is 0.596. The summed E-state index contributed by atoms with van der Waals surface area (Å²) in [5.74, 6) is -1.71. The normalized spacial score (nSPS) is 20.3. The van der Waals surface area contributed by atoms with Crippen LogP contribution in [0.1, 0.15) is 88.2 Å². The average Bonchev–Trinajstić information content (AvgIpc) is 1.78. The van der Waals surface area contributed by atoms with E-state index in [2.05, 4.69) is 117 Å². The number of likely N-dealkylation sites (tertiary alicyclic amines) is 2. The molecule has 12 unspecified atom stereocenters. The molecular weight excluding hydrogens is 1680 g/mol. The Morgan fingerprint density at radius 1 is 0.614 bits per heavy atom. The molecule has 4 N–H and O–H groups in total.